The van der Waals surface area contributed by atoms with Crippen molar-refractivity contribution in [3.8, 4) is 0 Å². The summed E-state index contributed by atoms with van der Waals surface area (Å²) < 4.78 is 91.9. The Morgan fingerprint density at radius 2 is 1.34 bits per heavy atom. The highest BCUT2D eigenvalue weighted by Crippen LogP contribution is 2.29. The van der Waals surface area contributed by atoms with Crippen LogP contribution in [0.4, 0.5) is 23.2 Å². The number of nitrogens with one attached hydrogen (secondary N) is 1. The van der Waals surface area contributed by atoms with Gasteiger partial charge in [0.2, 0.25) is 0 Å². The average molecular weight is 559 g/mol. The van der Waals surface area contributed by atoms with Crippen LogP contribution < -0.4 is 9.88 Å². The van der Waals surface area contributed by atoms with Crippen molar-refractivity contribution in [1.29, 1.82) is 0 Å². The van der Waals surface area contributed by atoms with Gasteiger partial charge in [0.1, 0.15) is 12.2 Å². The van der Waals surface area contributed by atoms with Crippen molar-refractivity contribution in [1.82, 2.24) is 0 Å². The van der Waals surface area contributed by atoms with Crippen molar-refractivity contribution in [2.45, 2.75) is 84.1 Å². The van der Waals surface area contributed by atoms with Gasteiger partial charge in [0.25, 0.3) is 0 Å². The molecule has 10 heteroatoms. The Morgan fingerprint density at radius 1 is 0.789 bits per heavy atom. The molecule has 0 spiro atoms. The zero-order chi connectivity index (χ0) is 28.0. The molecular formula is C28H38F4N2O3S. The minimum atomic E-state index is -4.23. The molecule has 0 unspecified atom stereocenters. The number of hydrogen-bond donors (Lipinski definition) is 1. The van der Waals surface area contributed by atoms with Crippen LogP contribution >= 0.6 is 0 Å². The molecule has 1 N–H and O–H groups in total. The molecule has 2 rings (SSSR count). The Hall–Kier alpha value is -2.46. The zero-order valence-electron chi connectivity index (χ0n) is 22.0. The van der Waals surface area contributed by atoms with E-state index in [-0.39, 0.29) is 13.0 Å². The van der Waals surface area contributed by atoms with Crippen LogP contribution in [0.3, 0.4) is 0 Å². The number of unbranched alkanes of at least 4 members (excludes halogenated alkanes) is 9. The summed E-state index contributed by atoms with van der Waals surface area (Å²) in [6.45, 7) is 2.87. The molecule has 1 heterocycles. The van der Waals surface area contributed by atoms with E-state index in [0.29, 0.717) is 24.9 Å². The zero-order valence-corrected chi connectivity index (χ0v) is 22.8. The molecule has 38 heavy (non-hydrogen) atoms. The van der Waals surface area contributed by atoms with Gasteiger partial charge in [0.05, 0.1) is 15.7 Å². The maximum absolute atomic E-state index is 14.6. The Labute approximate surface area is 223 Å². The second-order valence-electron chi connectivity index (χ2n) is 9.47. The number of aromatic nitrogens is 1. The molecule has 0 aliphatic rings. The lowest BCUT2D eigenvalue weighted by molar-refractivity contribution is -0.697. The maximum atomic E-state index is 14.6. The summed E-state index contributed by atoms with van der Waals surface area (Å²) in [4.78, 5) is 0. The van der Waals surface area contributed by atoms with Crippen molar-refractivity contribution in [2.75, 3.05) is 17.6 Å². The molecule has 212 valence electrons. The molecular weight excluding hydrogens is 520 g/mol. The highest BCUT2D eigenvalue weighted by molar-refractivity contribution is 7.85. The number of aryl methyl sites for hydroxylation is 1. The van der Waals surface area contributed by atoms with Crippen LogP contribution in [-0.4, -0.2) is 25.3 Å². The summed E-state index contributed by atoms with van der Waals surface area (Å²) in [6, 6.07) is 3.26. The standard InChI is InChI=1S/C28H38F4N2O3S/c1-2-3-4-5-6-7-8-9-10-17-33-28-26(31)24(29)23(25(30)27(28)32)14-13-22-15-19-34(20-16-22)18-11-12-21-38(35,36)37/h13-16,19-20H,2-12,17-18,21H2,1H3,(H,35,36,37). The Morgan fingerprint density at radius 3 is 1.89 bits per heavy atom. The van der Waals surface area contributed by atoms with E-state index in [1.807, 2.05) is 0 Å². The second kappa shape index (κ2) is 16.5. The van der Waals surface area contributed by atoms with Gasteiger partial charge >= 0.3 is 0 Å². The third-order valence-corrected chi connectivity index (χ3v) is 7.09. The molecule has 1 aromatic carbocycles. The fraction of sp³-hybridized carbons (Fsp3) is 0.536. The van der Waals surface area contributed by atoms with Crippen molar-refractivity contribution in [3.05, 3.63) is 58.9 Å². The van der Waals surface area contributed by atoms with Crippen molar-refractivity contribution < 1.29 is 35.1 Å². The number of hydrogen-bond acceptors (Lipinski definition) is 4. The molecule has 0 saturated heterocycles. The van der Waals surface area contributed by atoms with Gasteiger partial charge in [0, 0.05) is 30.9 Å². The number of benzene rings is 1. The summed E-state index contributed by atoms with van der Waals surface area (Å²) in [5.41, 5.74) is -1.05. The molecule has 1 aromatic heterocycles. The molecule has 0 saturated carbocycles. The first-order valence-electron chi connectivity index (χ1n) is 13.3. The molecule has 2 aromatic rings. The normalized spacial score (nSPS) is 11.9. The molecule has 0 bridgehead atoms. The van der Waals surface area contributed by atoms with Crippen molar-refractivity contribution in [3.63, 3.8) is 0 Å². The number of rotatable bonds is 18. The highest BCUT2D eigenvalue weighted by Gasteiger charge is 2.24. The lowest BCUT2D eigenvalue weighted by atomic mass is 10.1. The van der Waals surface area contributed by atoms with E-state index < -0.39 is 50.4 Å². The van der Waals surface area contributed by atoms with Gasteiger partial charge in [-0.1, -0.05) is 64.4 Å². The van der Waals surface area contributed by atoms with Gasteiger partial charge < -0.3 is 9.87 Å². The van der Waals surface area contributed by atoms with E-state index in [2.05, 4.69) is 12.2 Å². The summed E-state index contributed by atoms with van der Waals surface area (Å²) in [7, 11) is -4.23. The fourth-order valence-electron chi connectivity index (χ4n) is 4.08. The van der Waals surface area contributed by atoms with Crippen LogP contribution in [0.5, 0.6) is 0 Å². The molecule has 0 radical (unpaired) electrons. The smallest absolute Gasteiger partial charge is 0.185 e. The quantitative estimate of drug-likeness (QED) is 0.0705. The van der Waals surface area contributed by atoms with Gasteiger partial charge in [-0.15, -0.1) is 0 Å². The minimum Gasteiger partial charge on any atom is -0.748 e. The average Bonchev–Trinajstić information content (AvgIpc) is 2.88. The number of halogens is 4. The Kier molecular flexibility index (Phi) is 13.8. The third kappa shape index (κ3) is 11.1. The third-order valence-electron chi connectivity index (χ3n) is 6.30. The maximum Gasteiger partial charge on any atom is 0.185 e. The molecule has 0 aliphatic heterocycles. The first-order valence-corrected chi connectivity index (χ1v) is 14.9. The van der Waals surface area contributed by atoms with Crippen LogP contribution in [0.15, 0.2) is 24.5 Å². The van der Waals surface area contributed by atoms with Crippen LogP contribution in [0.2, 0.25) is 0 Å². The van der Waals surface area contributed by atoms with E-state index in [1.54, 1.807) is 29.1 Å². The number of pyridine rings is 1. The summed E-state index contributed by atoms with van der Waals surface area (Å²) in [5, 5.41) is 2.51. The van der Waals surface area contributed by atoms with Gasteiger partial charge in [-0.2, -0.15) is 0 Å². The first-order chi connectivity index (χ1) is 18.1. The van der Waals surface area contributed by atoms with Gasteiger partial charge in [-0.3, -0.25) is 0 Å². The van der Waals surface area contributed by atoms with Crippen molar-refractivity contribution in [2.24, 2.45) is 0 Å². The lowest BCUT2D eigenvalue weighted by Crippen LogP contribution is -2.32. The lowest BCUT2D eigenvalue weighted by Gasteiger charge is -2.12. The van der Waals surface area contributed by atoms with E-state index in [1.165, 1.54) is 38.2 Å². The second-order valence-corrected chi connectivity index (χ2v) is 11.0. The summed E-state index contributed by atoms with van der Waals surface area (Å²) in [6.07, 6.45) is 16.1. The topological polar surface area (TPSA) is 73.1 Å². The summed E-state index contributed by atoms with van der Waals surface area (Å²) >= 11 is 0. The first kappa shape index (κ1) is 31.8. The van der Waals surface area contributed by atoms with Crippen LogP contribution in [0.1, 0.15) is 88.7 Å². The predicted molar refractivity (Wildman–Crippen MR) is 141 cm³/mol. The van der Waals surface area contributed by atoms with Crippen LogP contribution in [-0.2, 0) is 16.7 Å². The molecule has 0 aliphatic carbocycles. The van der Waals surface area contributed by atoms with E-state index in [9.17, 15) is 30.5 Å². The molecule has 0 fully saturated rings. The summed E-state index contributed by atoms with van der Waals surface area (Å²) in [5.74, 6) is -6.26. The minimum absolute atomic E-state index is 0.217. The number of nitrogens with zero attached hydrogens (tertiary/aromatic N) is 1. The van der Waals surface area contributed by atoms with Gasteiger partial charge in [-0.05, 0) is 24.5 Å². The Bertz CT molecular complexity index is 1110. The van der Waals surface area contributed by atoms with E-state index in [0.717, 1.165) is 25.3 Å². The fourth-order valence-corrected chi connectivity index (χ4v) is 4.64. The molecule has 0 atom stereocenters. The van der Waals surface area contributed by atoms with Gasteiger partial charge in [-0.25, -0.2) is 30.5 Å². The van der Waals surface area contributed by atoms with E-state index in [4.69, 9.17) is 0 Å². The molecule has 5 nitrogen and oxygen atoms in total. The van der Waals surface area contributed by atoms with Crippen molar-refractivity contribution >= 4 is 28.0 Å². The predicted octanol–water partition coefficient (Wildman–Crippen LogP) is 6.97. The SMILES string of the molecule is CCCCCCCCCCCNc1c(F)c(F)c(C=Cc2cc[n+](CCCCS(=O)(=O)[O-])cc2)c(F)c1F. The largest absolute Gasteiger partial charge is 0.748 e. The monoisotopic (exact) mass is 558 g/mol. The van der Waals surface area contributed by atoms with Crippen LogP contribution in [0, 0.1) is 23.3 Å². The van der Waals surface area contributed by atoms with Gasteiger partial charge in [0.15, 0.2) is 35.7 Å². The highest BCUT2D eigenvalue weighted by atomic mass is 32.2. The Balaban J connectivity index is 1.89. The van der Waals surface area contributed by atoms with Crippen LogP contribution in [0.25, 0.3) is 12.2 Å². The molecule has 0 amide bonds. The number of anilines is 1. The van der Waals surface area contributed by atoms with E-state index >= 15 is 0 Å².